The normalized spacial score (nSPS) is 18.0. The van der Waals surface area contributed by atoms with E-state index in [9.17, 15) is 18.0 Å². The lowest BCUT2D eigenvalue weighted by Gasteiger charge is -2.35. The molecule has 1 heterocycles. The molecule has 1 fully saturated rings. The molecule has 1 aliphatic rings. The van der Waals surface area contributed by atoms with E-state index in [0.29, 0.717) is 31.7 Å². The standard InChI is InChI=1S/C14H17BrF3N3O/c15-11-3-1-10(2-4-11)13(22)20-9-12(14(16,17)18)21-7-5-19-6-8-21/h1-4,12,19H,5-9H2,(H,20,22). The van der Waals surface area contributed by atoms with Crippen molar-refractivity contribution in [2.24, 2.45) is 0 Å². The highest BCUT2D eigenvalue weighted by Crippen LogP contribution is 2.24. The Hall–Kier alpha value is -1.12. The SMILES string of the molecule is O=C(NCC(N1CCNCC1)C(F)(F)F)c1ccc(Br)cc1. The molecule has 0 spiro atoms. The van der Waals surface area contributed by atoms with Crippen LogP contribution in [0.5, 0.6) is 0 Å². The minimum Gasteiger partial charge on any atom is -0.350 e. The summed E-state index contributed by atoms with van der Waals surface area (Å²) in [5.41, 5.74) is 0.337. The highest BCUT2D eigenvalue weighted by atomic mass is 79.9. The average Bonchev–Trinajstić information content (AvgIpc) is 2.47. The molecule has 1 amide bonds. The second kappa shape index (κ2) is 7.43. The molecule has 1 aromatic carbocycles. The lowest BCUT2D eigenvalue weighted by atomic mass is 10.1. The Balaban J connectivity index is 1.98. The van der Waals surface area contributed by atoms with Crippen LogP contribution in [0.25, 0.3) is 0 Å². The van der Waals surface area contributed by atoms with Gasteiger partial charge in [-0.25, -0.2) is 0 Å². The summed E-state index contributed by atoms with van der Waals surface area (Å²) in [7, 11) is 0. The van der Waals surface area contributed by atoms with E-state index in [4.69, 9.17) is 0 Å². The van der Waals surface area contributed by atoms with Crippen molar-refractivity contribution >= 4 is 21.8 Å². The molecule has 8 heteroatoms. The van der Waals surface area contributed by atoms with Gasteiger partial charge in [0.25, 0.3) is 5.91 Å². The topological polar surface area (TPSA) is 44.4 Å². The van der Waals surface area contributed by atoms with Crippen molar-refractivity contribution in [3.05, 3.63) is 34.3 Å². The molecule has 122 valence electrons. The van der Waals surface area contributed by atoms with Gasteiger partial charge >= 0.3 is 6.18 Å². The maximum Gasteiger partial charge on any atom is 0.405 e. The summed E-state index contributed by atoms with van der Waals surface area (Å²) in [6.45, 7) is 1.23. The number of amides is 1. The zero-order chi connectivity index (χ0) is 16.2. The highest BCUT2D eigenvalue weighted by Gasteiger charge is 2.43. The monoisotopic (exact) mass is 379 g/mol. The summed E-state index contributed by atoms with van der Waals surface area (Å²) in [6.07, 6.45) is -4.37. The van der Waals surface area contributed by atoms with Gasteiger partial charge in [0, 0.05) is 42.8 Å². The Bertz CT molecular complexity index is 501. The summed E-state index contributed by atoms with van der Waals surface area (Å²) in [5.74, 6) is -0.503. The number of piperazine rings is 1. The van der Waals surface area contributed by atoms with Crippen molar-refractivity contribution < 1.29 is 18.0 Å². The lowest BCUT2D eigenvalue weighted by Crippen LogP contribution is -2.57. The molecule has 0 aromatic heterocycles. The molecule has 0 saturated carbocycles. The van der Waals surface area contributed by atoms with Crippen LogP contribution in [0.3, 0.4) is 0 Å². The quantitative estimate of drug-likeness (QED) is 0.840. The molecule has 0 bridgehead atoms. The maximum atomic E-state index is 13.2. The number of benzene rings is 1. The van der Waals surface area contributed by atoms with Crippen LogP contribution in [0.4, 0.5) is 13.2 Å². The first kappa shape index (κ1) is 17.2. The Morgan fingerprint density at radius 2 is 1.86 bits per heavy atom. The van der Waals surface area contributed by atoms with E-state index in [-0.39, 0.29) is 0 Å². The molecule has 2 N–H and O–H groups in total. The molecule has 2 rings (SSSR count). The Labute approximate surface area is 135 Å². The first-order chi connectivity index (χ1) is 10.4. The van der Waals surface area contributed by atoms with E-state index < -0.39 is 24.7 Å². The molecule has 1 aromatic rings. The number of carbonyl (C=O) groups excluding carboxylic acids is 1. The molecular formula is C14H17BrF3N3O. The molecule has 1 saturated heterocycles. The number of hydrogen-bond donors (Lipinski definition) is 2. The number of nitrogens with one attached hydrogen (secondary N) is 2. The number of alkyl halides is 3. The number of carbonyl (C=O) groups is 1. The largest absolute Gasteiger partial charge is 0.405 e. The van der Waals surface area contributed by atoms with Gasteiger partial charge in [0.2, 0.25) is 0 Å². The van der Waals surface area contributed by atoms with Gasteiger partial charge in [-0.15, -0.1) is 0 Å². The smallest absolute Gasteiger partial charge is 0.350 e. The average molecular weight is 380 g/mol. The fourth-order valence-electron chi connectivity index (χ4n) is 2.34. The Kier molecular flexibility index (Phi) is 5.82. The number of rotatable bonds is 4. The summed E-state index contributed by atoms with van der Waals surface area (Å²) >= 11 is 3.24. The van der Waals surface area contributed by atoms with Crippen LogP contribution in [0, 0.1) is 0 Å². The van der Waals surface area contributed by atoms with Gasteiger partial charge in [-0.3, -0.25) is 9.69 Å². The van der Waals surface area contributed by atoms with Crippen LogP contribution in [0.15, 0.2) is 28.7 Å². The van der Waals surface area contributed by atoms with Gasteiger partial charge in [0.15, 0.2) is 0 Å². The number of nitrogens with zero attached hydrogens (tertiary/aromatic N) is 1. The third-order valence-corrected chi connectivity index (χ3v) is 4.06. The van der Waals surface area contributed by atoms with Crippen LogP contribution in [0.2, 0.25) is 0 Å². The van der Waals surface area contributed by atoms with Crippen molar-refractivity contribution in [3.63, 3.8) is 0 Å². The highest BCUT2D eigenvalue weighted by molar-refractivity contribution is 9.10. The maximum absolute atomic E-state index is 13.2. The van der Waals surface area contributed by atoms with Crippen molar-refractivity contribution in [1.82, 2.24) is 15.5 Å². The van der Waals surface area contributed by atoms with E-state index in [0.717, 1.165) is 4.47 Å². The summed E-state index contributed by atoms with van der Waals surface area (Å²) in [6, 6.07) is 4.81. The zero-order valence-corrected chi connectivity index (χ0v) is 13.4. The predicted molar refractivity (Wildman–Crippen MR) is 80.8 cm³/mol. The van der Waals surface area contributed by atoms with Crippen molar-refractivity contribution in [2.75, 3.05) is 32.7 Å². The van der Waals surface area contributed by atoms with E-state index in [2.05, 4.69) is 26.6 Å². The first-order valence-electron chi connectivity index (χ1n) is 6.93. The fraction of sp³-hybridized carbons (Fsp3) is 0.500. The number of hydrogen-bond acceptors (Lipinski definition) is 3. The third kappa shape index (κ3) is 4.69. The van der Waals surface area contributed by atoms with Crippen LogP contribution >= 0.6 is 15.9 Å². The lowest BCUT2D eigenvalue weighted by molar-refractivity contribution is -0.183. The Morgan fingerprint density at radius 1 is 1.27 bits per heavy atom. The van der Waals surface area contributed by atoms with E-state index >= 15 is 0 Å². The van der Waals surface area contributed by atoms with E-state index in [1.54, 1.807) is 24.3 Å². The molecular weight excluding hydrogens is 363 g/mol. The third-order valence-electron chi connectivity index (χ3n) is 3.53. The second-order valence-electron chi connectivity index (χ2n) is 5.06. The predicted octanol–water partition coefficient (Wildman–Crippen LogP) is 2.01. The van der Waals surface area contributed by atoms with Crippen LogP contribution < -0.4 is 10.6 Å². The molecule has 1 aliphatic heterocycles. The van der Waals surface area contributed by atoms with Gasteiger partial charge in [-0.05, 0) is 24.3 Å². The Morgan fingerprint density at radius 3 is 2.41 bits per heavy atom. The van der Waals surface area contributed by atoms with E-state index in [1.165, 1.54) is 4.90 Å². The summed E-state index contributed by atoms with van der Waals surface area (Å²) < 4.78 is 40.4. The minimum absolute atomic E-state index is 0.318. The van der Waals surface area contributed by atoms with E-state index in [1.807, 2.05) is 0 Å². The zero-order valence-electron chi connectivity index (χ0n) is 11.8. The number of halogens is 4. The molecule has 22 heavy (non-hydrogen) atoms. The van der Waals surface area contributed by atoms with Gasteiger partial charge in [0.05, 0.1) is 0 Å². The van der Waals surface area contributed by atoms with Crippen molar-refractivity contribution in [3.8, 4) is 0 Å². The minimum atomic E-state index is -4.37. The van der Waals surface area contributed by atoms with Crippen LogP contribution in [-0.2, 0) is 0 Å². The molecule has 1 unspecified atom stereocenters. The van der Waals surface area contributed by atoms with Crippen LogP contribution in [0.1, 0.15) is 10.4 Å². The summed E-state index contributed by atoms with van der Waals surface area (Å²) in [5, 5.41) is 5.40. The van der Waals surface area contributed by atoms with Gasteiger partial charge < -0.3 is 10.6 Å². The molecule has 4 nitrogen and oxygen atoms in total. The second-order valence-corrected chi connectivity index (χ2v) is 5.98. The van der Waals surface area contributed by atoms with Crippen molar-refractivity contribution in [2.45, 2.75) is 12.2 Å². The van der Waals surface area contributed by atoms with Gasteiger partial charge in [-0.1, -0.05) is 15.9 Å². The molecule has 1 atom stereocenters. The van der Waals surface area contributed by atoms with Gasteiger partial charge in [0.1, 0.15) is 6.04 Å². The first-order valence-corrected chi connectivity index (χ1v) is 7.72. The molecule has 0 aliphatic carbocycles. The van der Waals surface area contributed by atoms with Gasteiger partial charge in [-0.2, -0.15) is 13.2 Å². The summed E-state index contributed by atoms with van der Waals surface area (Å²) in [4.78, 5) is 13.3. The van der Waals surface area contributed by atoms with Crippen LogP contribution in [-0.4, -0.2) is 55.7 Å². The molecule has 0 radical (unpaired) electrons. The van der Waals surface area contributed by atoms with Crippen molar-refractivity contribution in [1.29, 1.82) is 0 Å². The fourth-order valence-corrected chi connectivity index (χ4v) is 2.60.